The summed E-state index contributed by atoms with van der Waals surface area (Å²) in [4.78, 5) is 28.4. The largest absolute Gasteiger partial charge is 0.368 e. The summed E-state index contributed by atoms with van der Waals surface area (Å²) in [6.45, 7) is 8.59. The number of fused-ring (bicyclic) bond motifs is 3. The topological polar surface area (TPSA) is 100 Å². The molecule has 3 aromatic heterocycles. The average molecular weight is 419 g/mol. The minimum Gasteiger partial charge on any atom is -0.368 e. The van der Waals surface area contributed by atoms with Crippen molar-refractivity contribution in [1.82, 2.24) is 30.2 Å². The van der Waals surface area contributed by atoms with Gasteiger partial charge in [-0.2, -0.15) is 4.98 Å². The zero-order chi connectivity index (χ0) is 21.4. The summed E-state index contributed by atoms with van der Waals surface area (Å²) in [6.07, 6.45) is 5.77. The molecule has 0 radical (unpaired) electrons. The van der Waals surface area contributed by atoms with E-state index in [-0.39, 0.29) is 11.9 Å². The van der Waals surface area contributed by atoms with Crippen molar-refractivity contribution in [3.05, 3.63) is 47.9 Å². The number of aromatic nitrogens is 4. The van der Waals surface area contributed by atoms with Gasteiger partial charge in [0.2, 0.25) is 5.95 Å². The lowest BCUT2D eigenvalue weighted by molar-refractivity contribution is 0.0923. The van der Waals surface area contributed by atoms with Crippen LogP contribution in [0.2, 0.25) is 0 Å². The molecule has 1 unspecified atom stereocenters. The highest BCUT2D eigenvalue weighted by atomic mass is 16.2. The average Bonchev–Trinajstić information content (AvgIpc) is 3.17. The summed E-state index contributed by atoms with van der Waals surface area (Å²) in [6, 6.07) is 5.88. The first-order valence-corrected chi connectivity index (χ1v) is 10.6. The van der Waals surface area contributed by atoms with E-state index in [1.165, 1.54) is 5.57 Å². The van der Waals surface area contributed by atoms with Crippen LogP contribution in [0.15, 0.2) is 42.2 Å². The lowest BCUT2D eigenvalue weighted by atomic mass is 10.1. The van der Waals surface area contributed by atoms with Crippen molar-refractivity contribution in [2.75, 3.05) is 42.9 Å². The maximum atomic E-state index is 12.4. The molecule has 2 aliphatic heterocycles. The molecule has 9 heteroatoms. The Kier molecular flexibility index (Phi) is 5.03. The van der Waals surface area contributed by atoms with E-state index in [1.807, 2.05) is 22.9 Å². The van der Waals surface area contributed by atoms with Gasteiger partial charge in [0.15, 0.2) is 0 Å². The number of hydrogen-bond donors (Lipinski definition) is 3. The number of piperazine rings is 1. The van der Waals surface area contributed by atoms with Gasteiger partial charge >= 0.3 is 0 Å². The molecule has 1 atom stereocenters. The molecule has 3 aromatic rings. The number of amides is 1. The number of carbonyl (C=O) groups excluding carboxylic acids is 1. The van der Waals surface area contributed by atoms with Gasteiger partial charge in [0.25, 0.3) is 5.91 Å². The van der Waals surface area contributed by atoms with Crippen LogP contribution in [0, 0.1) is 0 Å². The van der Waals surface area contributed by atoms with E-state index in [2.05, 4.69) is 56.8 Å². The number of hydrogen-bond acceptors (Lipinski definition) is 7. The molecule has 5 heterocycles. The van der Waals surface area contributed by atoms with Crippen LogP contribution in [-0.2, 0) is 0 Å². The number of rotatable bonds is 4. The third-order valence-electron chi connectivity index (χ3n) is 5.61. The maximum absolute atomic E-state index is 12.4. The quantitative estimate of drug-likeness (QED) is 0.559. The van der Waals surface area contributed by atoms with Gasteiger partial charge < -0.3 is 25.4 Å². The molecule has 9 nitrogen and oxygen atoms in total. The molecule has 0 aromatic carbocycles. The Morgan fingerprint density at radius 2 is 2.03 bits per heavy atom. The second kappa shape index (κ2) is 7.99. The van der Waals surface area contributed by atoms with E-state index in [4.69, 9.17) is 4.98 Å². The van der Waals surface area contributed by atoms with Gasteiger partial charge in [-0.1, -0.05) is 11.6 Å². The summed E-state index contributed by atoms with van der Waals surface area (Å²) in [5.74, 6) is 1.05. The zero-order valence-electron chi connectivity index (χ0n) is 17.7. The van der Waals surface area contributed by atoms with E-state index < -0.39 is 0 Å². The highest BCUT2D eigenvalue weighted by Crippen LogP contribution is 2.28. The van der Waals surface area contributed by atoms with Crippen molar-refractivity contribution in [3.8, 4) is 0 Å². The molecule has 31 heavy (non-hydrogen) atoms. The van der Waals surface area contributed by atoms with Gasteiger partial charge in [-0.25, -0.2) is 9.97 Å². The number of pyridine rings is 1. The first kappa shape index (κ1) is 19.5. The first-order valence-electron chi connectivity index (χ1n) is 10.6. The molecular formula is C22H26N8O. The molecule has 1 saturated heterocycles. The zero-order valence-corrected chi connectivity index (χ0v) is 17.7. The number of allylic oxidation sites excluding steroid dienone is 1. The Morgan fingerprint density at radius 3 is 2.77 bits per heavy atom. The Morgan fingerprint density at radius 1 is 1.19 bits per heavy atom. The van der Waals surface area contributed by atoms with Gasteiger partial charge in [-0.3, -0.25) is 4.79 Å². The standard InChI is InChI=1S/C22H26N8O/c1-14(2)9-17-13-25-21(31)18-10-15-11-26-22(28-20(15)30(17)18)27-19-4-3-16(12-24-19)29-7-5-23-6-8-29/h3-4,9-12,17,23H,5-8,13H2,1-2H3,(H,25,31)(H,24,26,27,28). The number of nitrogens with one attached hydrogen (secondary N) is 3. The Balaban J connectivity index is 1.43. The SMILES string of the molecule is CC(C)=CC1CNC(=O)c2cc3cnc(Nc4ccc(N5CCNCC5)cn4)nc3n21. The molecule has 5 rings (SSSR count). The Hall–Kier alpha value is -3.46. The van der Waals surface area contributed by atoms with Crippen LogP contribution >= 0.6 is 0 Å². The van der Waals surface area contributed by atoms with Crippen LogP contribution in [0.4, 0.5) is 17.5 Å². The molecule has 0 bridgehead atoms. The number of carbonyl (C=O) groups is 1. The fourth-order valence-corrected chi connectivity index (χ4v) is 4.16. The lowest BCUT2D eigenvalue weighted by Crippen LogP contribution is -2.43. The summed E-state index contributed by atoms with van der Waals surface area (Å²) >= 11 is 0. The second-order valence-corrected chi connectivity index (χ2v) is 8.16. The Labute approximate surface area is 180 Å². The van der Waals surface area contributed by atoms with Gasteiger partial charge in [-0.15, -0.1) is 0 Å². The molecule has 1 fully saturated rings. The van der Waals surface area contributed by atoms with Crippen molar-refractivity contribution >= 4 is 34.4 Å². The third-order valence-corrected chi connectivity index (χ3v) is 5.61. The second-order valence-electron chi connectivity index (χ2n) is 8.16. The van der Waals surface area contributed by atoms with E-state index >= 15 is 0 Å². The molecule has 1 amide bonds. The Bertz CT molecular complexity index is 1140. The van der Waals surface area contributed by atoms with E-state index in [9.17, 15) is 4.79 Å². The van der Waals surface area contributed by atoms with Crippen molar-refractivity contribution in [2.45, 2.75) is 19.9 Å². The maximum Gasteiger partial charge on any atom is 0.268 e. The minimum absolute atomic E-state index is 0.0226. The van der Waals surface area contributed by atoms with Crippen LogP contribution in [0.1, 0.15) is 30.4 Å². The van der Waals surface area contributed by atoms with Crippen molar-refractivity contribution in [1.29, 1.82) is 0 Å². The predicted molar refractivity (Wildman–Crippen MR) is 121 cm³/mol. The van der Waals surface area contributed by atoms with Crippen molar-refractivity contribution < 1.29 is 4.79 Å². The van der Waals surface area contributed by atoms with Crippen LogP contribution < -0.4 is 20.9 Å². The normalized spacial score (nSPS) is 18.5. The third kappa shape index (κ3) is 3.84. The predicted octanol–water partition coefficient (Wildman–Crippen LogP) is 2.23. The summed E-state index contributed by atoms with van der Waals surface area (Å²) in [5, 5.41) is 10.3. The minimum atomic E-state index is -0.0870. The summed E-state index contributed by atoms with van der Waals surface area (Å²) in [5.41, 5.74) is 3.64. The van der Waals surface area contributed by atoms with Gasteiger partial charge in [0.05, 0.1) is 17.9 Å². The van der Waals surface area contributed by atoms with Crippen LogP contribution in [0.25, 0.3) is 11.0 Å². The molecule has 0 saturated carbocycles. The fraction of sp³-hybridized carbons (Fsp3) is 0.364. The lowest BCUT2D eigenvalue weighted by Gasteiger charge is -2.29. The van der Waals surface area contributed by atoms with Crippen LogP contribution in [0.5, 0.6) is 0 Å². The fourth-order valence-electron chi connectivity index (χ4n) is 4.16. The van der Waals surface area contributed by atoms with E-state index in [1.54, 1.807) is 6.20 Å². The van der Waals surface area contributed by atoms with E-state index in [0.29, 0.717) is 24.0 Å². The molecule has 2 aliphatic rings. The molecule has 160 valence electrons. The summed E-state index contributed by atoms with van der Waals surface area (Å²) < 4.78 is 1.99. The van der Waals surface area contributed by atoms with Crippen LogP contribution in [0.3, 0.4) is 0 Å². The van der Waals surface area contributed by atoms with E-state index in [0.717, 1.165) is 42.9 Å². The van der Waals surface area contributed by atoms with Crippen molar-refractivity contribution in [3.63, 3.8) is 0 Å². The van der Waals surface area contributed by atoms with Gasteiger partial charge in [-0.05, 0) is 32.0 Å². The van der Waals surface area contributed by atoms with Crippen molar-refractivity contribution in [2.24, 2.45) is 0 Å². The number of anilines is 3. The van der Waals surface area contributed by atoms with Gasteiger partial charge in [0.1, 0.15) is 17.2 Å². The number of nitrogens with zero attached hydrogens (tertiary/aromatic N) is 5. The smallest absolute Gasteiger partial charge is 0.268 e. The molecule has 0 spiro atoms. The highest BCUT2D eigenvalue weighted by molar-refractivity contribution is 5.99. The highest BCUT2D eigenvalue weighted by Gasteiger charge is 2.27. The van der Waals surface area contributed by atoms with Gasteiger partial charge in [0, 0.05) is 44.3 Å². The summed E-state index contributed by atoms with van der Waals surface area (Å²) in [7, 11) is 0. The monoisotopic (exact) mass is 418 g/mol. The molecule has 3 N–H and O–H groups in total. The molecular weight excluding hydrogens is 392 g/mol. The molecule has 0 aliphatic carbocycles. The first-order chi connectivity index (χ1) is 15.1. The van der Waals surface area contributed by atoms with Crippen LogP contribution in [-0.4, -0.2) is 58.1 Å².